The van der Waals surface area contributed by atoms with E-state index in [0.29, 0.717) is 0 Å². The molecule has 96 valence electrons. The minimum atomic E-state index is -0.833. The predicted octanol–water partition coefficient (Wildman–Crippen LogP) is 0.331. The standard InChI is InChI=1S/2C2H4O2.2C2H6O.FH/c2*1-2(3)4;2*1-2-3;/h2*1H3,(H,3,4);2*3H,2H2,1H3;1H. The molecule has 0 rings (SSSR count). The molecule has 0 fully saturated rings. The molecule has 0 saturated carbocycles. The first-order chi connectivity index (χ1) is 6.29. The second kappa shape index (κ2) is 38.6. The van der Waals surface area contributed by atoms with Crippen LogP contribution in [0.4, 0.5) is 4.70 Å². The fourth-order valence-corrected chi connectivity index (χ4v) is 0. The third-order valence-electron chi connectivity index (χ3n) is 0. The van der Waals surface area contributed by atoms with E-state index in [-0.39, 0.29) is 17.9 Å². The maximum absolute atomic E-state index is 9.00. The van der Waals surface area contributed by atoms with Gasteiger partial charge < -0.3 is 20.4 Å². The van der Waals surface area contributed by atoms with Crippen molar-refractivity contribution in [3.8, 4) is 0 Å². The monoisotopic (exact) mass is 232 g/mol. The van der Waals surface area contributed by atoms with Crippen LogP contribution in [0.5, 0.6) is 0 Å². The lowest BCUT2D eigenvalue weighted by Gasteiger charge is -1.59. The van der Waals surface area contributed by atoms with Crippen LogP contribution in [0.2, 0.25) is 0 Å². The first-order valence-corrected chi connectivity index (χ1v) is 3.90. The molecule has 0 aromatic carbocycles. The van der Waals surface area contributed by atoms with E-state index in [2.05, 4.69) is 0 Å². The Labute approximate surface area is 88.5 Å². The average molecular weight is 232 g/mol. The van der Waals surface area contributed by atoms with E-state index in [1.54, 1.807) is 13.8 Å². The second-order valence-electron chi connectivity index (χ2n) is 1.67. The van der Waals surface area contributed by atoms with E-state index >= 15 is 0 Å². The van der Waals surface area contributed by atoms with E-state index in [4.69, 9.17) is 30.0 Å². The minimum Gasteiger partial charge on any atom is -0.481 e. The highest BCUT2D eigenvalue weighted by Crippen LogP contribution is 1.42. The Kier molecular flexibility index (Phi) is 75.1. The molecule has 15 heavy (non-hydrogen) atoms. The van der Waals surface area contributed by atoms with Crippen LogP contribution in [0.3, 0.4) is 0 Å². The first-order valence-electron chi connectivity index (χ1n) is 3.90. The summed E-state index contributed by atoms with van der Waals surface area (Å²) in [6.07, 6.45) is 0. The van der Waals surface area contributed by atoms with Gasteiger partial charge in [0.15, 0.2) is 0 Å². The maximum atomic E-state index is 9.00. The average Bonchev–Trinajstić information content (AvgIpc) is 1.85. The molecular formula is C8H21FO6. The van der Waals surface area contributed by atoms with Gasteiger partial charge in [0.05, 0.1) is 0 Å². The highest BCUT2D eigenvalue weighted by atomic mass is 19.0. The summed E-state index contributed by atoms with van der Waals surface area (Å²) in [4.78, 5) is 18.0. The highest BCUT2D eigenvalue weighted by molar-refractivity contribution is 5.63. The van der Waals surface area contributed by atoms with Gasteiger partial charge in [-0.25, -0.2) is 0 Å². The minimum absolute atomic E-state index is 0. The molecule has 0 aromatic rings. The Hall–Kier alpha value is -1.21. The van der Waals surface area contributed by atoms with E-state index < -0.39 is 11.9 Å². The van der Waals surface area contributed by atoms with E-state index in [0.717, 1.165) is 13.8 Å². The summed E-state index contributed by atoms with van der Waals surface area (Å²) in [5, 5.41) is 30.0. The van der Waals surface area contributed by atoms with Crippen molar-refractivity contribution in [2.45, 2.75) is 27.7 Å². The zero-order valence-corrected chi connectivity index (χ0v) is 9.43. The lowest BCUT2D eigenvalue weighted by atomic mass is 10.9. The van der Waals surface area contributed by atoms with E-state index in [1.807, 2.05) is 0 Å². The van der Waals surface area contributed by atoms with Crippen LogP contribution in [-0.4, -0.2) is 45.6 Å². The number of aliphatic hydroxyl groups excluding tert-OH is 2. The molecule has 0 aliphatic rings. The van der Waals surface area contributed by atoms with Crippen molar-refractivity contribution in [2.24, 2.45) is 0 Å². The zero-order valence-electron chi connectivity index (χ0n) is 9.43. The number of aliphatic hydroxyl groups is 2. The van der Waals surface area contributed by atoms with Crippen LogP contribution in [0, 0.1) is 0 Å². The maximum Gasteiger partial charge on any atom is 0.300 e. The van der Waals surface area contributed by atoms with Crippen LogP contribution < -0.4 is 0 Å². The van der Waals surface area contributed by atoms with E-state index in [1.165, 1.54) is 0 Å². The summed E-state index contributed by atoms with van der Waals surface area (Å²) < 4.78 is 0. The van der Waals surface area contributed by atoms with Gasteiger partial charge in [-0.15, -0.1) is 0 Å². The SMILES string of the molecule is CC(=O)O.CC(=O)O.CCO.CCO.F. The van der Waals surface area contributed by atoms with Crippen LogP contribution in [-0.2, 0) is 9.59 Å². The van der Waals surface area contributed by atoms with Crippen molar-refractivity contribution in [3.63, 3.8) is 0 Å². The Morgan fingerprint density at radius 2 is 0.867 bits per heavy atom. The van der Waals surface area contributed by atoms with Gasteiger partial charge in [0, 0.05) is 27.1 Å². The lowest BCUT2D eigenvalue weighted by Crippen LogP contribution is -1.78. The molecule has 6 nitrogen and oxygen atoms in total. The Bertz CT molecular complexity index is 95.7. The van der Waals surface area contributed by atoms with Crippen LogP contribution in [0.15, 0.2) is 0 Å². The zero-order chi connectivity index (χ0) is 12.6. The summed E-state index contributed by atoms with van der Waals surface area (Å²) in [6.45, 7) is 6.03. The van der Waals surface area contributed by atoms with Gasteiger partial charge in [0.25, 0.3) is 11.9 Å². The smallest absolute Gasteiger partial charge is 0.300 e. The largest absolute Gasteiger partial charge is 0.481 e. The van der Waals surface area contributed by atoms with Crippen LogP contribution in [0.25, 0.3) is 0 Å². The van der Waals surface area contributed by atoms with Gasteiger partial charge >= 0.3 is 0 Å². The summed E-state index contributed by atoms with van der Waals surface area (Å²) in [6, 6.07) is 0. The van der Waals surface area contributed by atoms with Gasteiger partial charge in [0.2, 0.25) is 0 Å². The van der Waals surface area contributed by atoms with Crippen molar-refractivity contribution in [2.75, 3.05) is 13.2 Å². The topological polar surface area (TPSA) is 115 Å². The molecule has 7 heteroatoms. The number of hydrogen-bond acceptors (Lipinski definition) is 4. The third-order valence-corrected chi connectivity index (χ3v) is 0. The molecule has 0 unspecified atom stereocenters. The molecule has 0 atom stereocenters. The van der Waals surface area contributed by atoms with Crippen molar-refractivity contribution >= 4 is 11.9 Å². The van der Waals surface area contributed by atoms with Gasteiger partial charge in [-0.1, -0.05) is 0 Å². The van der Waals surface area contributed by atoms with Gasteiger partial charge in [-0.3, -0.25) is 14.3 Å². The van der Waals surface area contributed by atoms with Gasteiger partial charge in [-0.05, 0) is 13.8 Å². The lowest BCUT2D eigenvalue weighted by molar-refractivity contribution is -0.135. The first kappa shape index (κ1) is 29.2. The summed E-state index contributed by atoms with van der Waals surface area (Å²) in [5.41, 5.74) is 0. The molecule has 0 spiro atoms. The molecule has 4 N–H and O–H groups in total. The van der Waals surface area contributed by atoms with Crippen molar-refractivity contribution < 1.29 is 34.7 Å². The molecule has 0 amide bonds. The number of aliphatic carboxylic acids is 2. The fourth-order valence-electron chi connectivity index (χ4n) is 0. The molecule has 0 radical (unpaired) electrons. The molecule has 0 bridgehead atoms. The van der Waals surface area contributed by atoms with E-state index in [9.17, 15) is 0 Å². The molecule has 0 aliphatic heterocycles. The normalized spacial score (nSPS) is 5.73. The number of carboxylic acid groups (broad SMARTS) is 2. The van der Waals surface area contributed by atoms with Crippen LogP contribution in [0.1, 0.15) is 27.7 Å². The van der Waals surface area contributed by atoms with Crippen molar-refractivity contribution in [3.05, 3.63) is 0 Å². The summed E-state index contributed by atoms with van der Waals surface area (Å²) in [7, 11) is 0. The Morgan fingerprint density at radius 3 is 0.867 bits per heavy atom. The fraction of sp³-hybridized carbons (Fsp3) is 0.750. The quantitative estimate of drug-likeness (QED) is 0.478. The molecule has 0 aromatic heterocycles. The number of carbonyl (C=O) groups is 2. The van der Waals surface area contributed by atoms with Crippen LogP contribution >= 0.6 is 0 Å². The Morgan fingerprint density at radius 1 is 0.867 bits per heavy atom. The van der Waals surface area contributed by atoms with Crippen molar-refractivity contribution in [1.82, 2.24) is 0 Å². The molecule has 0 aliphatic carbocycles. The van der Waals surface area contributed by atoms with Gasteiger partial charge in [0.1, 0.15) is 0 Å². The van der Waals surface area contributed by atoms with Gasteiger partial charge in [-0.2, -0.15) is 0 Å². The molecule has 0 heterocycles. The third kappa shape index (κ3) is 1020. The second-order valence-corrected chi connectivity index (χ2v) is 1.67. The highest BCUT2D eigenvalue weighted by Gasteiger charge is 1.65. The Balaban J connectivity index is -0.0000000293. The number of halogens is 1. The predicted molar refractivity (Wildman–Crippen MR) is 54.6 cm³/mol. The molecular weight excluding hydrogens is 211 g/mol. The molecule has 0 saturated heterocycles. The summed E-state index contributed by atoms with van der Waals surface area (Å²) >= 11 is 0. The van der Waals surface area contributed by atoms with Crippen molar-refractivity contribution in [1.29, 1.82) is 0 Å². The number of hydrogen-bond donors (Lipinski definition) is 4. The number of rotatable bonds is 0. The number of carboxylic acids is 2. The summed E-state index contributed by atoms with van der Waals surface area (Å²) in [5.74, 6) is -1.67.